The van der Waals surface area contributed by atoms with Crippen LogP contribution in [0.3, 0.4) is 0 Å². The van der Waals surface area contributed by atoms with Crippen molar-refractivity contribution in [1.82, 2.24) is 20.2 Å². The summed E-state index contributed by atoms with van der Waals surface area (Å²) in [4.78, 5) is 15.3. The number of anilines is 1. The van der Waals surface area contributed by atoms with Gasteiger partial charge in [0, 0.05) is 25.1 Å². The number of sulfonamides is 1. The lowest BCUT2D eigenvalue weighted by molar-refractivity contribution is -0.114. The lowest BCUT2D eigenvalue weighted by Gasteiger charge is -2.11. The van der Waals surface area contributed by atoms with E-state index in [1.807, 2.05) is 14.0 Å². The minimum Gasteiger partial charge on any atom is -0.338 e. The van der Waals surface area contributed by atoms with Crippen molar-refractivity contribution in [3.8, 4) is 0 Å². The zero-order valence-electron chi connectivity index (χ0n) is 15.1. The van der Waals surface area contributed by atoms with Crippen LogP contribution < -0.4 is 15.4 Å². The van der Waals surface area contributed by atoms with Crippen molar-refractivity contribution >= 4 is 21.6 Å². The fourth-order valence-electron chi connectivity index (χ4n) is 2.17. The van der Waals surface area contributed by atoms with Gasteiger partial charge in [0.1, 0.15) is 0 Å². The maximum Gasteiger partial charge on any atom is 0.244 e. The van der Waals surface area contributed by atoms with E-state index in [2.05, 4.69) is 25.5 Å². The molecular weight excluding hydrogens is 358 g/mol. The van der Waals surface area contributed by atoms with Crippen LogP contribution in [0.4, 0.5) is 5.69 Å². The molecule has 1 aromatic heterocycles. The Balaban J connectivity index is 2.07. The second kappa shape index (κ2) is 8.39. The van der Waals surface area contributed by atoms with Crippen molar-refractivity contribution in [2.24, 2.45) is 0 Å². The normalized spacial score (nSPS) is 14.0. The van der Waals surface area contributed by atoms with Gasteiger partial charge in [-0.3, -0.25) is 4.79 Å². The number of hydrogen-bond acceptors (Lipinski definition) is 7. The molecule has 10 heteroatoms. The fourth-order valence-corrected chi connectivity index (χ4v) is 3.37. The molecule has 3 N–H and O–H groups in total. The second-order valence-electron chi connectivity index (χ2n) is 5.99. The van der Waals surface area contributed by atoms with Gasteiger partial charge in [0.15, 0.2) is 5.82 Å². The molecule has 0 saturated heterocycles. The van der Waals surface area contributed by atoms with E-state index >= 15 is 0 Å². The molecule has 1 aromatic carbocycles. The number of likely N-dealkylation sites (N-methyl/N-ethyl adjacent to an activating group) is 1. The van der Waals surface area contributed by atoms with Gasteiger partial charge in [0.05, 0.1) is 10.9 Å². The smallest absolute Gasteiger partial charge is 0.244 e. The molecule has 0 spiro atoms. The number of carbonyl (C=O) groups is 1. The standard InChI is InChI=1S/C16H23N5O4S/c1-10(17-4)9-15-19-16(25-20-15)11(2)21-26(23,24)14-7-5-13(6-8-14)18-12(3)22/h5-8,10-11,17,21H,9H2,1-4H3,(H,18,22). The molecule has 2 aromatic rings. The molecule has 0 bridgehead atoms. The van der Waals surface area contributed by atoms with E-state index in [0.717, 1.165) is 0 Å². The first-order chi connectivity index (χ1) is 12.2. The number of hydrogen-bond donors (Lipinski definition) is 3. The molecule has 0 radical (unpaired) electrons. The molecule has 0 fully saturated rings. The zero-order chi connectivity index (χ0) is 19.3. The predicted octanol–water partition coefficient (Wildman–Crippen LogP) is 1.22. The first-order valence-electron chi connectivity index (χ1n) is 8.11. The van der Waals surface area contributed by atoms with Gasteiger partial charge in [-0.05, 0) is 45.2 Å². The van der Waals surface area contributed by atoms with E-state index in [-0.39, 0.29) is 22.7 Å². The Bertz CT molecular complexity index is 848. The SMILES string of the molecule is CNC(C)Cc1noc(C(C)NS(=O)(=O)c2ccc(NC(C)=O)cc2)n1. The lowest BCUT2D eigenvalue weighted by Crippen LogP contribution is -2.27. The van der Waals surface area contributed by atoms with E-state index in [9.17, 15) is 13.2 Å². The molecule has 142 valence electrons. The summed E-state index contributed by atoms with van der Waals surface area (Å²) in [6, 6.07) is 5.35. The maximum absolute atomic E-state index is 12.5. The van der Waals surface area contributed by atoms with Crippen LogP contribution in [0.25, 0.3) is 0 Å². The Kier molecular flexibility index (Phi) is 6.46. The summed E-state index contributed by atoms with van der Waals surface area (Å²) in [5.74, 6) is 0.474. The summed E-state index contributed by atoms with van der Waals surface area (Å²) in [5, 5.41) is 9.52. The third-order valence-corrected chi connectivity index (χ3v) is 5.21. The summed E-state index contributed by atoms with van der Waals surface area (Å²) < 4.78 is 32.6. The number of amides is 1. The Labute approximate surface area is 152 Å². The van der Waals surface area contributed by atoms with Gasteiger partial charge in [-0.1, -0.05) is 5.16 Å². The third kappa shape index (κ3) is 5.35. The molecule has 0 saturated carbocycles. The molecule has 26 heavy (non-hydrogen) atoms. The molecule has 2 atom stereocenters. The maximum atomic E-state index is 12.5. The Hall–Kier alpha value is -2.30. The zero-order valence-corrected chi connectivity index (χ0v) is 15.9. The van der Waals surface area contributed by atoms with Crippen LogP contribution in [0.5, 0.6) is 0 Å². The summed E-state index contributed by atoms with van der Waals surface area (Å²) >= 11 is 0. The van der Waals surface area contributed by atoms with E-state index in [0.29, 0.717) is 17.9 Å². The highest BCUT2D eigenvalue weighted by molar-refractivity contribution is 7.89. The first kappa shape index (κ1) is 20.0. The monoisotopic (exact) mass is 381 g/mol. The summed E-state index contributed by atoms with van der Waals surface area (Å²) in [6.07, 6.45) is 0.573. The van der Waals surface area contributed by atoms with E-state index in [1.165, 1.54) is 31.2 Å². The van der Waals surface area contributed by atoms with Crippen molar-refractivity contribution in [2.75, 3.05) is 12.4 Å². The molecule has 1 heterocycles. The number of nitrogens with zero attached hydrogens (tertiary/aromatic N) is 2. The van der Waals surface area contributed by atoms with Crippen LogP contribution in [0, 0.1) is 0 Å². The molecule has 0 aliphatic heterocycles. The van der Waals surface area contributed by atoms with Crippen molar-refractivity contribution in [1.29, 1.82) is 0 Å². The number of carbonyl (C=O) groups excluding carboxylic acids is 1. The minimum atomic E-state index is -3.77. The van der Waals surface area contributed by atoms with Gasteiger partial charge in [0.25, 0.3) is 0 Å². The Morgan fingerprint density at radius 2 is 1.88 bits per heavy atom. The van der Waals surface area contributed by atoms with Crippen LogP contribution in [-0.2, 0) is 21.2 Å². The highest BCUT2D eigenvalue weighted by Gasteiger charge is 2.22. The van der Waals surface area contributed by atoms with Crippen LogP contribution in [0.15, 0.2) is 33.7 Å². The summed E-state index contributed by atoms with van der Waals surface area (Å²) in [5.41, 5.74) is 0.518. The van der Waals surface area contributed by atoms with Crippen molar-refractivity contribution in [3.63, 3.8) is 0 Å². The molecule has 9 nitrogen and oxygen atoms in total. The predicted molar refractivity (Wildman–Crippen MR) is 96.0 cm³/mol. The fraction of sp³-hybridized carbons (Fsp3) is 0.438. The first-order valence-corrected chi connectivity index (χ1v) is 9.59. The van der Waals surface area contributed by atoms with Gasteiger partial charge >= 0.3 is 0 Å². The van der Waals surface area contributed by atoms with E-state index in [4.69, 9.17) is 4.52 Å². The molecule has 2 unspecified atom stereocenters. The van der Waals surface area contributed by atoms with Crippen LogP contribution >= 0.6 is 0 Å². The molecule has 0 aliphatic carbocycles. The minimum absolute atomic E-state index is 0.0713. The van der Waals surface area contributed by atoms with Gasteiger partial charge in [-0.15, -0.1) is 0 Å². The number of nitrogens with one attached hydrogen (secondary N) is 3. The highest BCUT2D eigenvalue weighted by Crippen LogP contribution is 2.18. The van der Waals surface area contributed by atoms with E-state index < -0.39 is 16.1 Å². The quantitative estimate of drug-likeness (QED) is 0.627. The number of benzene rings is 1. The van der Waals surface area contributed by atoms with Gasteiger partial charge in [-0.2, -0.15) is 9.71 Å². The number of aromatic nitrogens is 2. The van der Waals surface area contributed by atoms with Crippen LogP contribution in [-0.4, -0.2) is 37.6 Å². The highest BCUT2D eigenvalue weighted by atomic mass is 32.2. The van der Waals surface area contributed by atoms with Gasteiger partial charge in [0.2, 0.25) is 21.8 Å². The average Bonchev–Trinajstić information content (AvgIpc) is 3.03. The van der Waals surface area contributed by atoms with Crippen molar-refractivity contribution in [2.45, 2.75) is 44.2 Å². The largest absolute Gasteiger partial charge is 0.338 e. The molecular formula is C16H23N5O4S. The van der Waals surface area contributed by atoms with Crippen molar-refractivity contribution in [3.05, 3.63) is 36.0 Å². The van der Waals surface area contributed by atoms with Crippen LogP contribution in [0.2, 0.25) is 0 Å². The summed E-state index contributed by atoms with van der Waals surface area (Å²) in [6.45, 7) is 4.98. The summed E-state index contributed by atoms with van der Waals surface area (Å²) in [7, 11) is -1.94. The number of rotatable bonds is 8. The average molecular weight is 381 g/mol. The van der Waals surface area contributed by atoms with Gasteiger partial charge < -0.3 is 15.2 Å². The lowest BCUT2D eigenvalue weighted by atomic mass is 10.2. The van der Waals surface area contributed by atoms with Crippen LogP contribution in [0.1, 0.15) is 38.5 Å². The molecule has 1 amide bonds. The third-order valence-electron chi connectivity index (χ3n) is 3.65. The Morgan fingerprint density at radius 1 is 1.23 bits per heavy atom. The van der Waals surface area contributed by atoms with Gasteiger partial charge in [-0.25, -0.2) is 8.42 Å². The topological polar surface area (TPSA) is 126 Å². The second-order valence-corrected chi connectivity index (χ2v) is 7.71. The molecule has 0 aliphatic rings. The van der Waals surface area contributed by atoms with E-state index in [1.54, 1.807) is 6.92 Å². The molecule has 2 rings (SSSR count). The Morgan fingerprint density at radius 3 is 2.46 bits per heavy atom. The van der Waals surface area contributed by atoms with Crippen molar-refractivity contribution < 1.29 is 17.7 Å².